The number of nitrogens with zero attached hydrogens (tertiary/aromatic N) is 1. The quantitative estimate of drug-likeness (QED) is 0.495. The Morgan fingerprint density at radius 3 is 2.50 bits per heavy atom. The van der Waals surface area contributed by atoms with Crippen LogP contribution in [0.4, 0.5) is 0 Å². The van der Waals surface area contributed by atoms with Gasteiger partial charge in [0.15, 0.2) is 5.78 Å². The second-order valence-corrected chi connectivity index (χ2v) is 7.54. The van der Waals surface area contributed by atoms with Crippen LogP contribution in [0.1, 0.15) is 34.3 Å². The Morgan fingerprint density at radius 2 is 1.86 bits per heavy atom. The minimum atomic E-state index is -0.324. The Morgan fingerprint density at radius 1 is 1.18 bits per heavy atom. The molecule has 0 amide bonds. The van der Waals surface area contributed by atoms with Crippen LogP contribution in [-0.2, 0) is 6.54 Å². The normalized spacial score (nSPS) is 14.5. The highest BCUT2D eigenvalue weighted by molar-refractivity contribution is 9.10. The van der Waals surface area contributed by atoms with Crippen molar-refractivity contribution in [3.63, 3.8) is 0 Å². The first-order valence-corrected chi connectivity index (χ1v) is 10.0. The van der Waals surface area contributed by atoms with Crippen LogP contribution in [0.15, 0.2) is 40.9 Å². The zero-order valence-electron chi connectivity index (χ0n) is 16.1. The standard InChI is InChI=1S/C22H24BrNO4/c1-27-19-13-20(28-2)21(22(26)16(19)14-24-11-5-6-12-24)18(25)10-9-15-7-3-4-8-17(15)23/h3-4,7-10,13,26H,5-6,11-12,14H2,1-2H3/b10-9+. The van der Waals surface area contributed by atoms with Gasteiger partial charge in [0.2, 0.25) is 0 Å². The molecule has 1 N–H and O–H groups in total. The summed E-state index contributed by atoms with van der Waals surface area (Å²) in [6, 6.07) is 9.28. The molecular formula is C22H24BrNO4. The number of carbonyl (C=O) groups is 1. The van der Waals surface area contributed by atoms with E-state index in [2.05, 4.69) is 20.8 Å². The number of halogens is 1. The largest absolute Gasteiger partial charge is 0.507 e. The molecule has 1 saturated heterocycles. The molecule has 0 atom stereocenters. The number of likely N-dealkylation sites (tertiary alicyclic amines) is 1. The summed E-state index contributed by atoms with van der Waals surface area (Å²) >= 11 is 3.47. The Hall–Kier alpha value is -2.31. The third-order valence-electron chi connectivity index (χ3n) is 4.91. The number of ketones is 1. The van der Waals surface area contributed by atoms with Gasteiger partial charge in [-0.25, -0.2) is 0 Å². The molecule has 0 aromatic heterocycles. The summed E-state index contributed by atoms with van der Waals surface area (Å²) < 4.78 is 11.7. The number of hydrogen-bond donors (Lipinski definition) is 1. The summed E-state index contributed by atoms with van der Waals surface area (Å²) in [6.07, 6.45) is 5.44. The second-order valence-electron chi connectivity index (χ2n) is 6.69. The molecule has 6 heteroatoms. The molecule has 28 heavy (non-hydrogen) atoms. The lowest BCUT2D eigenvalue weighted by Gasteiger charge is -2.20. The molecular weight excluding hydrogens is 422 g/mol. The van der Waals surface area contributed by atoms with Gasteiger partial charge in [-0.3, -0.25) is 9.69 Å². The number of hydrogen-bond acceptors (Lipinski definition) is 5. The first kappa shape index (κ1) is 20.4. The van der Waals surface area contributed by atoms with Crippen molar-refractivity contribution < 1.29 is 19.4 Å². The number of benzene rings is 2. The smallest absolute Gasteiger partial charge is 0.193 e. The Bertz CT molecular complexity index is 888. The van der Waals surface area contributed by atoms with Gasteiger partial charge in [-0.15, -0.1) is 0 Å². The average Bonchev–Trinajstić information content (AvgIpc) is 3.21. The molecule has 5 nitrogen and oxygen atoms in total. The fourth-order valence-corrected chi connectivity index (χ4v) is 3.84. The van der Waals surface area contributed by atoms with Gasteiger partial charge in [0.05, 0.1) is 19.8 Å². The van der Waals surface area contributed by atoms with Crippen LogP contribution in [0, 0.1) is 0 Å². The minimum Gasteiger partial charge on any atom is -0.507 e. The van der Waals surface area contributed by atoms with E-state index in [1.54, 1.807) is 19.3 Å². The predicted molar refractivity (Wildman–Crippen MR) is 113 cm³/mol. The fraction of sp³-hybridized carbons (Fsp3) is 0.318. The molecule has 2 aromatic rings. The Kier molecular flexibility index (Phi) is 6.75. The SMILES string of the molecule is COc1cc(OC)c(C(=O)/C=C/c2ccccc2Br)c(O)c1CN1CCCC1. The van der Waals surface area contributed by atoms with E-state index in [1.807, 2.05) is 24.3 Å². The van der Waals surface area contributed by atoms with Crippen LogP contribution >= 0.6 is 15.9 Å². The molecule has 0 unspecified atom stereocenters. The van der Waals surface area contributed by atoms with Crippen molar-refractivity contribution in [1.82, 2.24) is 4.90 Å². The van der Waals surface area contributed by atoms with Gasteiger partial charge in [0.1, 0.15) is 22.8 Å². The van der Waals surface area contributed by atoms with E-state index >= 15 is 0 Å². The summed E-state index contributed by atoms with van der Waals surface area (Å²) in [5, 5.41) is 10.9. The molecule has 3 rings (SSSR count). The highest BCUT2D eigenvalue weighted by Gasteiger charge is 2.25. The van der Waals surface area contributed by atoms with E-state index in [9.17, 15) is 9.90 Å². The third-order valence-corrected chi connectivity index (χ3v) is 5.64. The van der Waals surface area contributed by atoms with E-state index in [0.717, 1.165) is 36.0 Å². The van der Waals surface area contributed by atoms with E-state index in [4.69, 9.17) is 9.47 Å². The molecule has 1 aliphatic heterocycles. The molecule has 148 valence electrons. The van der Waals surface area contributed by atoms with Crippen LogP contribution in [0.3, 0.4) is 0 Å². The Labute approximate surface area is 173 Å². The number of rotatable bonds is 7. The van der Waals surface area contributed by atoms with Gasteiger partial charge in [-0.2, -0.15) is 0 Å². The Balaban J connectivity index is 1.98. The fourth-order valence-electron chi connectivity index (χ4n) is 3.42. The zero-order chi connectivity index (χ0) is 20.1. The van der Waals surface area contributed by atoms with Crippen LogP contribution in [0.5, 0.6) is 17.2 Å². The number of carbonyl (C=O) groups excluding carboxylic acids is 1. The summed E-state index contributed by atoms with van der Waals surface area (Å²) in [7, 11) is 3.03. The molecule has 0 spiro atoms. The summed E-state index contributed by atoms with van der Waals surface area (Å²) in [5.41, 5.74) is 1.64. The van der Waals surface area contributed by atoms with Crippen molar-refractivity contribution in [3.8, 4) is 17.2 Å². The number of aromatic hydroxyl groups is 1. The number of phenols is 1. The molecule has 2 aromatic carbocycles. The molecule has 1 heterocycles. The minimum absolute atomic E-state index is 0.0788. The van der Waals surface area contributed by atoms with Gasteiger partial charge in [-0.05, 0) is 49.7 Å². The molecule has 0 aliphatic carbocycles. The zero-order valence-corrected chi connectivity index (χ0v) is 17.7. The lowest BCUT2D eigenvalue weighted by atomic mass is 10.0. The molecule has 1 aliphatic rings. The van der Waals surface area contributed by atoms with Crippen molar-refractivity contribution in [1.29, 1.82) is 0 Å². The number of allylic oxidation sites excluding steroid dienone is 1. The van der Waals surface area contributed by atoms with Crippen molar-refractivity contribution in [2.24, 2.45) is 0 Å². The monoisotopic (exact) mass is 445 g/mol. The van der Waals surface area contributed by atoms with Crippen LogP contribution in [0.2, 0.25) is 0 Å². The molecule has 1 fully saturated rings. The number of methoxy groups -OCH3 is 2. The first-order chi connectivity index (χ1) is 13.5. The van der Waals surface area contributed by atoms with Crippen molar-refractivity contribution in [2.45, 2.75) is 19.4 Å². The lowest BCUT2D eigenvalue weighted by molar-refractivity contribution is 0.104. The highest BCUT2D eigenvalue weighted by atomic mass is 79.9. The molecule has 0 bridgehead atoms. The summed E-state index contributed by atoms with van der Waals surface area (Å²) in [5.74, 6) is 0.411. The molecule has 0 radical (unpaired) electrons. The third kappa shape index (κ3) is 4.39. The van der Waals surface area contributed by atoms with E-state index in [0.29, 0.717) is 23.6 Å². The second kappa shape index (κ2) is 9.26. The number of ether oxygens (including phenoxy) is 2. The predicted octanol–water partition coefficient (Wildman–Crippen LogP) is 4.66. The topological polar surface area (TPSA) is 59.0 Å². The lowest BCUT2D eigenvalue weighted by Crippen LogP contribution is -2.19. The molecule has 0 saturated carbocycles. The van der Waals surface area contributed by atoms with E-state index in [-0.39, 0.29) is 17.1 Å². The van der Waals surface area contributed by atoms with E-state index < -0.39 is 0 Å². The van der Waals surface area contributed by atoms with Crippen LogP contribution < -0.4 is 9.47 Å². The average molecular weight is 446 g/mol. The van der Waals surface area contributed by atoms with Gasteiger partial charge in [-0.1, -0.05) is 34.1 Å². The van der Waals surface area contributed by atoms with Gasteiger partial charge >= 0.3 is 0 Å². The van der Waals surface area contributed by atoms with Crippen LogP contribution in [0.25, 0.3) is 6.08 Å². The van der Waals surface area contributed by atoms with E-state index in [1.165, 1.54) is 13.2 Å². The van der Waals surface area contributed by atoms with Crippen molar-refractivity contribution in [2.75, 3.05) is 27.3 Å². The van der Waals surface area contributed by atoms with Crippen LogP contribution in [-0.4, -0.2) is 43.1 Å². The maximum Gasteiger partial charge on any atom is 0.193 e. The maximum atomic E-state index is 12.9. The van der Waals surface area contributed by atoms with Crippen molar-refractivity contribution >= 4 is 27.8 Å². The highest BCUT2D eigenvalue weighted by Crippen LogP contribution is 2.40. The van der Waals surface area contributed by atoms with Crippen molar-refractivity contribution in [3.05, 3.63) is 57.6 Å². The van der Waals surface area contributed by atoms with Gasteiger partial charge in [0.25, 0.3) is 0 Å². The van der Waals surface area contributed by atoms with Gasteiger partial charge < -0.3 is 14.6 Å². The summed E-state index contributed by atoms with van der Waals surface area (Å²) in [4.78, 5) is 15.2. The summed E-state index contributed by atoms with van der Waals surface area (Å²) in [6.45, 7) is 2.48. The van der Waals surface area contributed by atoms with Gasteiger partial charge in [0, 0.05) is 17.1 Å². The number of phenolic OH excluding ortho intramolecular Hbond substituents is 1. The maximum absolute atomic E-state index is 12.9. The first-order valence-electron chi connectivity index (χ1n) is 9.21.